The zero-order chi connectivity index (χ0) is 18.3. The Morgan fingerprint density at radius 3 is 2.62 bits per heavy atom. The molecule has 0 radical (unpaired) electrons. The van der Waals surface area contributed by atoms with Gasteiger partial charge in [-0.2, -0.15) is 5.26 Å². The van der Waals surface area contributed by atoms with Crippen LogP contribution in [0.1, 0.15) is 17.0 Å². The van der Waals surface area contributed by atoms with Crippen molar-refractivity contribution in [3.63, 3.8) is 0 Å². The summed E-state index contributed by atoms with van der Waals surface area (Å²) in [6, 6.07) is 19.3. The highest BCUT2D eigenvalue weighted by molar-refractivity contribution is 6.36. The molecule has 3 aromatic rings. The summed E-state index contributed by atoms with van der Waals surface area (Å²) in [7, 11) is 1.61. The van der Waals surface area contributed by atoms with E-state index in [-0.39, 0.29) is 11.8 Å². The third-order valence-corrected chi connectivity index (χ3v) is 4.91. The van der Waals surface area contributed by atoms with Crippen molar-refractivity contribution in [3.05, 3.63) is 82.2 Å². The van der Waals surface area contributed by atoms with E-state index in [4.69, 9.17) is 26.8 Å². The summed E-state index contributed by atoms with van der Waals surface area (Å²) in [5, 5.41) is 12.0. The lowest BCUT2D eigenvalue weighted by Crippen LogP contribution is -2.21. The Hall–Kier alpha value is -3.16. The molecule has 0 saturated carbocycles. The zero-order valence-electron chi connectivity index (χ0n) is 14.0. The van der Waals surface area contributed by atoms with Crippen molar-refractivity contribution in [2.45, 2.75) is 5.92 Å². The molecule has 5 heteroatoms. The smallest absolute Gasteiger partial charge is 0.205 e. The van der Waals surface area contributed by atoms with E-state index in [0.29, 0.717) is 22.1 Å². The Morgan fingerprint density at radius 1 is 1.12 bits per heavy atom. The lowest BCUT2D eigenvalue weighted by Gasteiger charge is -2.28. The number of ether oxygens (including phenoxy) is 2. The molecular formula is C21H15ClN2O2. The first kappa shape index (κ1) is 16.3. The van der Waals surface area contributed by atoms with E-state index in [9.17, 15) is 5.26 Å². The van der Waals surface area contributed by atoms with E-state index in [1.54, 1.807) is 7.11 Å². The van der Waals surface area contributed by atoms with Crippen molar-refractivity contribution in [1.82, 2.24) is 0 Å². The molecule has 1 unspecified atom stereocenters. The number of rotatable bonds is 2. The topological polar surface area (TPSA) is 68.3 Å². The van der Waals surface area contributed by atoms with E-state index in [2.05, 4.69) is 6.07 Å². The Morgan fingerprint density at radius 2 is 1.88 bits per heavy atom. The number of nitriles is 1. The number of methoxy groups -OCH3 is 1. The molecule has 0 saturated heterocycles. The van der Waals surface area contributed by atoms with Crippen LogP contribution in [0, 0.1) is 11.3 Å². The molecule has 4 rings (SSSR count). The molecule has 0 spiro atoms. The van der Waals surface area contributed by atoms with Gasteiger partial charge in [-0.1, -0.05) is 48.0 Å². The zero-order valence-corrected chi connectivity index (χ0v) is 14.7. The van der Waals surface area contributed by atoms with Crippen LogP contribution in [0.3, 0.4) is 0 Å². The molecule has 128 valence electrons. The van der Waals surface area contributed by atoms with E-state index < -0.39 is 0 Å². The van der Waals surface area contributed by atoms with Crippen LogP contribution in [0.15, 0.2) is 66.1 Å². The van der Waals surface area contributed by atoms with Crippen LogP contribution in [0.5, 0.6) is 11.5 Å². The van der Waals surface area contributed by atoms with E-state index >= 15 is 0 Å². The number of allylic oxidation sites excluding steroid dienone is 1. The maximum Gasteiger partial charge on any atom is 0.205 e. The summed E-state index contributed by atoms with van der Waals surface area (Å²) in [5.74, 6) is 1.08. The average molecular weight is 363 g/mol. The first-order valence-electron chi connectivity index (χ1n) is 8.06. The van der Waals surface area contributed by atoms with E-state index in [1.807, 2.05) is 54.6 Å². The predicted octanol–water partition coefficient (Wildman–Crippen LogP) is 4.72. The molecule has 0 fully saturated rings. The maximum atomic E-state index is 9.70. The lowest BCUT2D eigenvalue weighted by molar-refractivity contribution is 0.397. The molecular weight excluding hydrogens is 348 g/mol. The molecule has 4 nitrogen and oxygen atoms in total. The third kappa shape index (κ3) is 2.45. The van der Waals surface area contributed by atoms with E-state index in [0.717, 1.165) is 21.9 Å². The van der Waals surface area contributed by atoms with Gasteiger partial charge in [-0.25, -0.2) is 0 Å². The number of hydrogen-bond acceptors (Lipinski definition) is 4. The van der Waals surface area contributed by atoms with Gasteiger partial charge in [-0.15, -0.1) is 0 Å². The number of nitrogens with two attached hydrogens (primary N) is 1. The first-order valence-corrected chi connectivity index (χ1v) is 8.44. The molecule has 1 heterocycles. The van der Waals surface area contributed by atoms with Crippen LogP contribution >= 0.6 is 11.6 Å². The fraction of sp³-hybridized carbons (Fsp3) is 0.0952. The molecule has 0 bridgehead atoms. The van der Waals surface area contributed by atoms with Crippen molar-refractivity contribution in [2.24, 2.45) is 5.73 Å². The molecule has 0 aliphatic carbocycles. The summed E-state index contributed by atoms with van der Waals surface area (Å²) < 4.78 is 11.2. The molecule has 0 amide bonds. The molecule has 1 aliphatic heterocycles. The highest BCUT2D eigenvalue weighted by Crippen LogP contribution is 2.47. The second-order valence-electron chi connectivity index (χ2n) is 6.02. The normalized spacial score (nSPS) is 16.0. The largest absolute Gasteiger partial charge is 0.497 e. The molecule has 1 atom stereocenters. The van der Waals surface area contributed by atoms with Crippen LogP contribution in [-0.4, -0.2) is 7.11 Å². The van der Waals surface area contributed by atoms with Crippen LogP contribution < -0.4 is 15.2 Å². The molecule has 2 N–H and O–H groups in total. The van der Waals surface area contributed by atoms with Crippen LogP contribution in [0.2, 0.25) is 5.02 Å². The van der Waals surface area contributed by atoms with E-state index in [1.165, 1.54) is 0 Å². The van der Waals surface area contributed by atoms with Gasteiger partial charge in [0.1, 0.15) is 23.1 Å². The Kier molecular flexibility index (Phi) is 3.95. The number of halogens is 1. The first-order chi connectivity index (χ1) is 12.6. The predicted molar refractivity (Wildman–Crippen MR) is 101 cm³/mol. The van der Waals surface area contributed by atoms with Crippen molar-refractivity contribution in [2.75, 3.05) is 7.11 Å². The molecule has 0 aromatic heterocycles. The van der Waals surface area contributed by atoms with Crippen molar-refractivity contribution in [1.29, 1.82) is 5.26 Å². The summed E-state index contributed by atoms with van der Waals surface area (Å²) in [4.78, 5) is 0. The molecule has 26 heavy (non-hydrogen) atoms. The monoisotopic (exact) mass is 362 g/mol. The minimum atomic E-state index is -0.374. The quantitative estimate of drug-likeness (QED) is 0.716. The van der Waals surface area contributed by atoms with Gasteiger partial charge < -0.3 is 15.2 Å². The summed E-state index contributed by atoms with van der Waals surface area (Å²) in [5.41, 5.74) is 8.16. The summed E-state index contributed by atoms with van der Waals surface area (Å²) in [6.45, 7) is 0. The number of fused-ring (bicyclic) bond motifs is 3. The standard InChI is InChI=1S/C21H15ClN2O2/c1-25-13-6-4-5-12(9-13)19-16-10-18(22)14-7-2-3-8-15(14)20(16)26-21(24)17(19)11-23/h2-10,19H,24H2,1H3. The maximum absolute atomic E-state index is 9.70. The van der Waals surface area contributed by atoms with Crippen molar-refractivity contribution in [3.8, 4) is 17.6 Å². The lowest BCUT2D eigenvalue weighted by atomic mass is 9.82. The van der Waals surface area contributed by atoms with Crippen LogP contribution in [-0.2, 0) is 0 Å². The van der Waals surface area contributed by atoms with Gasteiger partial charge in [-0.05, 0) is 23.8 Å². The van der Waals surface area contributed by atoms with Gasteiger partial charge in [0.2, 0.25) is 5.88 Å². The summed E-state index contributed by atoms with van der Waals surface area (Å²) in [6.07, 6.45) is 0. The molecule has 1 aliphatic rings. The van der Waals surface area contributed by atoms with Gasteiger partial charge >= 0.3 is 0 Å². The average Bonchev–Trinajstić information content (AvgIpc) is 2.68. The van der Waals surface area contributed by atoms with Crippen molar-refractivity contribution < 1.29 is 9.47 Å². The Labute approximate surface area is 156 Å². The van der Waals surface area contributed by atoms with Crippen molar-refractivity contribution >= 4 is 22.4 Å². The second kappa shape index (κ2) is 6.29. The minimum absolute atomic E-state index is 0.111. The van der Waals surface area contributed by atoms with Crippen LogP contribution in [0.25, 0.3) is 10.8 Å². The fourth-order valence-electron chi connectivity index (χ4n) is 3.40. The van der Waals surface area contributed by atoms with Gasteiger partial charge in [0.05, 0.1) is 13.0 Å². The van der Waals surface area contributed by atoms with Gasteiger partial charge in [0.15, 0.2) is 0 Å². The Balaban J connectivity index is 2.04. The minimum Gasteiger partial charge on any atom is -0.497 e. The van der Waals surface area contributed by atoms with Gasteiger partial charge in [0, 0.05) is 21.4 Å². The number of hydrogen-bond donors (Lipinski definition) is 1. The Bertz CT molecular complexity index is 1100. The molecule has 3 aromatic carbocycles. The second-order valence-corrected chi connectivity index (χ2v) is 6.43. The third-order valence-electron chi connectivity index (χ3n) is 4.60. The van der Waals surface area contributed by atoms with Gasteiger partial charge in [0.25, 0.3) is 0 Å². The highest BCUT2D eigenvalue weighted by atomic mass is 35.5. The SMILES string of the molecule is COc1cccc(C2C(C#N)=C(N)Oc3c2cc(Cl)c2ccccc32)c1. The fourth-order valence-corrected chi connectivity index (χ4v) is 3.69. The number of benzene rings is 3. The number of nitrogens with zero attached hydrogens (tertiary/aromatic N) is 1. The van der Waals surface area contributed by atoms with Crippen LogP contribution in [0.4, 0.5) is 0 Å². The summed E-state index contributed by atoms with van der Waals surface area (Å²) >= 11 is 6.52. The highest BCUT2D eigenvalue weighted by Gasteiger charge is 2.32. The van der Waals surface area contributed by atoms with Gasteiger partial charge in [-0.3, -0.25) is 0 Å².